The van der Waals surface area contributed by atoms with Gasteiger partial charge in [0.15, 0.2) is 0 Å². The highest BCUT2D eigenvalue weighted by Gasteiger charge is 2.15. The third kappa shape index (κ3) is 2.61. The molecule has 0 fully saturated rings. The Kier molecular flexibility index (Phi) is 3.52. The van der Waals surface area contributed by atoms with Gasteiger partial charge in [0.05, 0.1) is 16.9 Å². The molecule has 0 saturated heterocycles. The Balaban J connectivity index is 3.11. The van der Waals surface area contributed by atoms with E-state index in [-0.39, 0.29) is 12.0 Å². The van der Waals surface area contributed by atoms with Crippen molar-refractivity contribution < 1.29 is 14.1 Å². The van der Waals surface area contributed by atoms with Crippen molar-refractivity contribution in [3.05, 3.63) is 39.7 Å². The summed E-state index contributed by atoms with van der Waals surface area (Å²) in [6, 6.07) is 3.71. The van der Waals surface area contributed by atoms with E-state index in [0.717, 1.165) is 6.07 Å². The van der Waals surface area contributed by atoms with Crippen molar-refractivity contribution in [2.45, 2.75) is 6.42 Å². The van der Waals surface area contributed by atoms with Crippen LogP contribution in [0.5, 0.6) is 0 Å². The first-order valence-corrected chi connectivity index (χ1v) is 4.02. The van der Waals surface area contributed by atoms with E-state index in [1.165, 1.54) is 12.1 Å². The molecule has 0 unspecified atom stereocenters. The van der Waals surface area contributed by atoms with Crippen molar-refractivity contribution in [2.24, 2.45) is 0 Å². The third-order valence-corrected chi connectivity index (χ3v) is 1.58. The first-order valence-electron chi connectivity index (χ1n) is 4.02. The van der Waals surface area contributed by atoms with E-state index in [1.54, 1.807) is 0 Å². The second-order valence-electron chi connectivity index (χ2n) is 2.57. The number of rotatable bonds is 2. The maximum Gasteiger partial charge on any atom is 0.306 e. The minimum absolute atomic E-state index is 0.0257. The number of carbonyl (C=O) groups excluding carboxylic acids is 1. The number of hydrogen-bond donors (Lipinski definition) is 0. The Bertz CT molecular complexity index is 459. The number of halogens is 1. The van der Waals surface area contributed by atoms with E-state index in [9.17, 15) is 19.3 Å². The van der Waals surface area contributed by atoms with Crippen LogP contribution in [0.15, 0.2) is 18.2 Å². The van der Waals surface area contributed by atoms with Crippen molar-refractivity contribution in [3.63, 3.8) is 0 Å². The van der Waals surface area contributed by atoms with Gasteiger partial charge in [-0.2, -0.15) is 4.39 Å². The number of nitro benzene ring substituents is 1. The highest BCUT2D eigenvalue weighted by atomic mass is 19.1. The smallest absolute Gasteiger partial charge is 0.302 e. The van der Waals surface area contributed by atoms with E-state index in [0.29, 0.717) is 6.29 Å². The topological polar surface area (TPSA) is 60.2 Å². The van der Waals surface area contributed by atoms with Gasteiger partial charge in [0.25, 0.3) is 0 Å². The van der Waals surface area contributed by atoms with Crippen molar-refractivity contribution in [3.8, 4) is 11.8 Å². The molecule has 0 aliphatic rings. The molecule has 0 radical (unpaired) electrons. The highest BCUT2D eigenvalue weighted by Crippen LogP contribution is 2.19. The van der Waals surface area contributed by atoms with E-state index in [4.69, 9.17) is 0 Å². The van der Waals surface area contributed by atoms with Crippen LogP contribution in [-0.4, -0.2) is 11.2 Å². The summed E-state index contributed by atoms with van der Waals surface area (Å²) in [7, 11) is 0. The molecule has 15 heavy (non-hydrogen) atoms. The number of hydrogen-bond acceptors (Lipinski definition) is 3. The standard InChI is InChI=1S/C10H6FNO3/c11-10-8(4-1-2-7-13)5-3-6-9(10)12(14)15/h3,5-7H,2H2. The molecule has 0 N–H and O–H groups in total. The minimum Gasteiger partial charge on any atom is -0.302 e. The molecule has 0 aliphatic heterocycles. The Morgan fingerprint density at radius 2 is 2.27 bits per heavy atom. The van der Waals surface area contributed by atoms with E-state index in [1.807, 2.05) is 0 Å². The summed E-state index contributed by atoms with van der Waals surface area (Å²) < 4.78 is 13.3. The van der Waals surface area contributed by atoms with Crippen LogP contribution in [-0.2, 0) is 4.79 Å². The summed E-state index contributed by atoms with van der Waals surface area (Å²) in [5.41, 5.74) is -0.695. The molecule has 1 aromatic carbocycles. The van der Waals surface area contributed by atoms with Gasteiger partial charge in [-0.25, -0.2) is 0 Å². The van der Waals surface area contributed by atoms with Crippen molar-refractivity contribution in [1.29, 1.82) is 0 Å². The average Bonchev–Trinajstić information content (AvgIpc) is 2.20. The molecule has 76 valence electrons. The lowest BCUT2D eigenvalue weighted by atomic mass is 10.2. The molecule has 0 spiro atoms. The maximum absolute atomic E-state index is 13.3. The number of nitro groups is 1. The van der Waals surface area contributed by atoms with Gasteiger partial charge in [0, 0.05) is 6.07 Å². The van der Waals surface area contributed by atoms with Gasteiger partial charge in [0.2, 0.25) is 5.82 Å². The number of benzene rings is 1. The van der Waals surface area contributed by atoms with Gasteiger partial charge in [-0.3, -0.25) is 10.1 Å². The molecule has 0 aromatic heterocycles. The molecule has 0 saturated carbocycles. The Hall–Kier alpha value is -2.22. The van der Waals surface area contributed by atoms with E-state index >= 15 is 0 Å². The maximum atomic E-state index is 13.3. The van der Waals surface area contributed by atoms with Crippen LogP contribution in [0.4, 0.5) is 10.1 Å². The highest BCUT2D eigenvalue weighted by molar-refractivity contribution is 5.55. The van der Waals surface area contributed by atoms with Crippen LogP contribution in [0.2, 0.25) is 0 Å². The third-order valence-electron chi connectivity index (χ3n) is 1.58. The predicted molar refractivity (Wildman–Crippen MR) is 50.6 cm³/mol. The Morgan fingerprint density at radius 1 is 1.53 bits per heavy atom. The summed E-state index contributed by atoms with van der Waals surface area (Å²) in [5, 5.41) is 10.4. The van der Waals surface area contributed by atoms with Gasteiger partial charge >= 0.3 is 5.69 Å². The first-order chi connectivity index (χ1) is 7.16. The summed E-state index contributed by atoms with van der Waals surface area (Å²) in [6.45, 7) is 0. The zero-order valence-corrected chi connectivity index (χ0v) is 7.57. The van der Waals surface area contributed by atoms with Crippen LogP contribution in [0, 0.1) is 27.8 Å². The van der Waals surface area contributed by atoms with Gasteiger partial charge < -0.3 is 4.79 Å². The van der Waals surface area contributed by atoms with Crippen molar-refractivity contribution in [2.75, 3.05) is 0 Å². The van der Waals surface area contributed by atoms with Crippen LogP contribution in [0.25, 0.3) is 0 Å². The molecule has 0 heterocycles. The Labute approximate surface area is 84.9 Å². The zero-order valence-electron chi connectivity index (χ0n) is 7.57. The van der Waals surface area contributed by atoms with Gasteiger partial charge in [-0.1, -0.05) is 17.9 Å². The lowest BCUT2D eigenvalue weighted by Crippen LogP contribution is -1.94. The number of carbonyl (C=O) groups is 1. The molecule has 0 aliphatic carbocycles. The van der Waals surface area contributed by atoms with Gasteiger partial charge in [-0.15, -0.1) is 0 Å². The number of aldehydes is 1. The second kappa shape index (κ2) is 4.86. The molecular weight excluding hydrogens is 201 g/mol. The molecule has 0 atom stereocenters. The quantitative estimate of drug-likeness (QED) is 0.321. The van der Waals surface area contributed by atoms with Crippen LogP contribution >= 0.6 is 0 Å². The molecule has 4 nitrogen and oxygen atoms in total. The summed E-state index contributed by atoms with van der Waals surface area (Å²) >= 11 is 0. The number of nitrogens with zero attached hydrogens (tertiary/aromatic N) is 1. The summed E-state index contributed by atoms with van der Waals surface area (Å²) in [5.74, 6) is 3.75. The molecular formula is C10H6FNO3. The molecule has 1 rings (SSSR count). The molecule has 0 amide bonds. The van der Waals surface area contributed by atoms with E-state index in [2.05, 4.69) is 11.8 Å². The van der Waals surface area contributed by atoms with Crippen LogP contribution in [0.1, 0.15) is 12.0 Å². The zero-order chi connectivity index (χ0) is 11.3. The SMILES string of the molecule is O=CCC#Cc1cccc([N+](=O)[O-])c1F. The van der Waals surface area contributed by atoms with Crippen molar-refractivity contribution in [1.82, 2.24) is 0 Å². The first kappa shape index (κ1) is 10.9. The van der Waals surface area contributed by atoms with Gasteiger partial charge in [0.1, 0.15) is 6.29 Å². The fraction of sp³-hybridized carbons (Fsp3) is 0.100. The van der Waals surface area contributed by atoms with Crippen LogP contribution in [0.3, 0.4) is 0 Å². The monoisotopic (exact) mass is 207 g/mol. The largest absolute Gasteiger partial charge is 0.306 e. The summed E-state index contributed by atoms with van der Waals surface area (Å²) in [6.07, 6.45) is 0.546. The fourth-order valence-corrected chi connectivity index (χ4v) is 0.945. The van der Waals surface area contributed by atoms with Gasteiger partial charge in [-0.05, 0) is 6.07 Å². The Morgan fingerprint density at radius 3 is 2.87 bits per heavy atom. The average molecular weight is 207 g/mol. The van der Waals surface area contributed by atoms with E-state index < -0.39 is 16.4 Å². The van der Waals surface area contributed by atoms with Crippen molar-refractivity contribution >= 4 is 12.0 Å². The van der Waals surface area contributed by atoms with Crippen LogP contribution < -0.4 is 0 Å². The second-order valence-corrected chi connectivity index (χ2v) is 2.57. The normalized spacial score (nSPS) is 8.87. The minimum atomic E-state index is -0.971. The fourth-order valence-electron chi connectivity index (χ4n) is 0.945. The lowest BCUT2D eigenvalue weighted by molar-refractivity contribution is -0.387. The predicted octanol–water partition coefficient (Wildman–Crippen LogP) is 1.67. The molecule has 0 bridgehead atoms. The molecule has 5 heteroatoms. The lowest BCUT2D eigenvalue weighted by Gasteiger charge is -1.95. The summed E-state index contributed by atoms with van der Waals surface area (Å²) in [4.78, 5) is 19.5. The molecule has 1 aromatic rings.